The fraction of sp³-hybridized carbons (Fsp3) is 0.222. The van der Waals surface area contributed by atoms with E-state index in [1.807, 2.05) is 25.1 Å². The zero-order valence-corrected chi connectivity index (χ0v) is 14.2. The predicted octanol–water partition coefficient (Wildman–Crippen LogP) is 3.60. The van der Waals surface area contributed by atoms with E-state index in [-0.39, 0.29) is 6.61 Å². The van der Waals surface area contributed by atoms with Crippen molar-refractivity contribution in [1.29, 1.82) is 0 Å². The van der Waals surface area contributed by atoms with E-state index in [4.69, 9.17) is 21.1 Å². The highest BCUT2D eigenvalue weighted by molar-refractivity contribution is 6.30. The lowest BCUT2D eigenvalue weighted by Gasteiger charge is -2.14. The van der Waals surface area contributed by atoms with Gasteiger partial charge >= 0.3 is 5.97 Å². The fourth-order valence-corrected chi connectivity index (χ4v) is 2.05. The van der Waals surface area contributed by atoms with Gasteiger partial charge in [0.25, 0.3) is 5.91 Å². The van der Waals surface area contributed by atoms with Gasteiger partial charge in [-0.1, -0.05) is 23.7 Å². The Morgan fingerprint density at radius 3 is 2.54 bits per heavy atom. The number of aryl methyl sites for hydroxylation is 1. The molecule has 2 rings (SSSR count). The first kappa shape index (κ1) is 17.8. The number of carbonyl (C=O) groups excluding carboxylic acids is 2. The minimum absolute atomic E-state index is 0.386. The largest absolute Gasteiger partial charge is 0.479 e. The minimum atomic E-state index is -0.810. The van der Waals surface area contributed by atoms with E-state index >= 15 is 0 Å². The van der Waals surface area contributed by atoms with Crippen LogP contribution >= 0.6 is 11.6 Å². The average Bonchev–Trinajstić information content (AvgIpc) is 2.54. The molecule has 0 aromatic heterocycles. The number of hydrogen-bond acceptors (Lipinski definition) is 4. The number of esters is 1. The van der Waals surface area contributed by atoms with Crippen LogP contribution in [0.25, 0.3) is 0 Å². The maximum absolute atomic E-state index is 11.9. The summed E-state index contributed by atoms with van der Waals surface area (Å²) >= 11 is 5.77. The van der Waals surface area contributed by atoms with Crippen molar-refractivity contribution in [3.63, 3.8) is 0 Å². The van der Waals surface area contributed by atoms with Gasteiger partial charge in [0.05, 0.1) is 0 Å². The minimum Gasteiger partial charge on any atom is -0.479 e. The van der Waals surface area contributed by atoms with Crippen molar-refractivity contribution in [1.82, 2.24) is 0 Å². The van der Waals surface area contributed by atoms with Gasteiger partial charge in [0.15, 0.2) is 12.7 Å². The monoisotopic (exact) mass is 347 g/mol. The third kappa shape index (κ3) is 5.59. The molecule has 1 N–H and O–H groups in total. The molecule has 6 heteroatoms. The van der Waals surface area contributed by atoms with Crippen molar-refractivity contribution >= 4 is 29.2 Å². The second kappa shape index (κ2) is 8.36. The van der Waals surface area contributed by atoms with Gasteiger partial charge in [0.2, 0.25) is 0 Å². The highest BCUT2D eigenvalue weighted by Crippen LogP contribution is 2.15. The quantitative estimate of drug-likeness (QED) is 0.811. The summed E-state index contributed by atoms with van der Waals surface area (Å²) in [4.78, 5) is 23.7. The molecule has 0 aliphatic carbocycles. The molecule has 0 aliphatic rings. The molecule has 1 amide bonds. The van der Waals surface area contributed by atoms with Crippen molar-refractivity contribution in [2.75, 3.05) is 11.9 Å². The van der Waals surface area contributed by atoms with Crippen LogP contribution in [0.5, 0.6) is 5.75 Å². The Morgan fingerprint density at radius 2 is 1.88 bits per heavy atom. The van der Waals surface area contributed by atoms with E-state index in [0.717, 1.165) is 5.56 Å². The number of benzene rings is 2. The number of hydrogen-bond donors (Lipinski definition) is 1. The smallest absolute Gasteiger partial charge is 0.347 e. The molecule has 0 spiro atoms. The van der Waals surface area contributed by atoms with Crippen molar-refractivity contribution in [3.05, 3.63) is 59.1 Å². The molecular weight excluding hydrogens is 330 g/mol. The number of amides is 1. The molecule has 126 valence electrons. The Kier molecular flexibility index (Phi) is 6.21. The topological polar surface area (TPSA) is 64.6 Å². The molecular formula is C18H18ClNO4. The zero-order chi connectivity index (χ0) is 17.5. The van der Waals surface area contributed by atoms with Crippen LogP contribution in [0.3, 0.4) is 0 Å². The third-order valence-electron chi connectivity index (χ3n) is 3.11. The summed E-state index contributed by atoms with van der Waals surface area (Å²) in [5.74, 6) is -0.471. The molecule has 0 heterocycles. The van der Waals surface area contributed by atoms with Gasteiger partial charge in [-0.3, -0.25) is 4.79 Å². The Balaban J connectivity index is 1.79. The third-order valence-corrected chi connectivity index (χ3v) is 3.36. The second-order valence-corrected chi connectivity index (χ2v) is 5.68. The van der Waals surface area contributed by atoms with E-state index in [1.54, 1.807) is 37.3 Å². The van der Waals surface area contributed by atoms with E-state index in [1.165, 1.54) is 0 Å². The number of nitrogens with one attached hydrogen (secondary N) is 1. The molecule has 2 aromatic rings. The van der Waals surface area contributed by atoms with E-state index in [9.17, 15) is 9.59 Å². The summed E-state index contributed by atoms with van der Waals surface area (Å²) in [5.41, 5.74) is 1.60. The molecule has 0 saturated carbocycles. The first-order valence-corrected chi connectivity index (χ1v) is 7.77. The first-order valence-electron chi connectivity index (χ1n) is 7.39. The Morgan fingerprint density at radius 1 is 1.17 bits per heavy atom. The molecule has 1 atom stereocenters. The summed E-state index contributed by atoms with van der Waals surface area (Å²) < 4.78 is 10.5. The molecule has 0 radical (unpaired) electrons. The van der Waals surface area contributed by atoms with Crippen LogP contribution in [0.1, 0.15) is 12.5 Å². The molecule has 0 fully saturated rings. The lowest BCUT2D eigenvalue weighted by molar-refractivity contribution is -0.153. The normalized spacial score (nSPS) is 11.5. The van der Waals surface area contributed by atoms with Crippen LogP contribution in [-0.2, 0) is 14.3 Å². The van der Waals surface area contributed by atoms with Crippen molar-refractivity contribution in [2.24, 2.45) is 0 Å². The van der Waals surface area contributed by atoms with Gasteiger partial charge in [-0.2, -0.15) is 0 Å². The van der Waals surface area contributed by atoms with Crippen molar-refractivity contribution in [3.8, 4) is 5.75 Å². The molecule has 2 aromatic carbocycles. The Labute approximate surface area is 145 Å². The van der Waals surface area contributed by atoms with E-state index in [0.29, 0.717) is 16.5 Å². The summed E-state index contributed by atoms with van der Waals surface area (Å²) in [6.07, 6.45) is -0.810. The average molecular weight is 348 g/mol. The zero-order valence-electron chi connectivity index (χ0n) is 13.4. The number of halogens is 1. The van der Waals surface area contributed by atoms with Crippen LogP contribution in [-0.4, -0.2) is 24.6 Å². The lowest BCUT2D eigenvalue weighted by atomic mass is 10.2. The van der Waals surface area contributed by atoms with Gasteiger partial charge in [0.1, 0.15) is 5.75 Å². The molecule has 24 heavy (non-hydrogen) atoms. The number of carbonyl (C=O) groups is 2. The fourth-order valence-electron chi connectivity index (χ4n) is 1.93. The molecule has 0 saturated heterocycles. The Hall–Kier alpha value is -2.53. The van der Waals surface area contributed by atoms with Crippen LogP contribution in [0.4, 0.5) is 5.69 Å². The Bertz CT molecular complexity index is 715. The van der Waals surface area contributed by atoms with Crippen LogP contribution in [0.15, 0.2) is 48.5 Å². The van der Waals surface area contributed by atoms with Gasteiger partial charge in [-0.15, -0.1) is 0 Å². The SMILES string of the molecule is Cc1cccc(O[C@@H](C)C(=O)OCC(=O)Nc2ccc(Cl)cc2)c1. The lowest BCUT2D eigenvalue weighted by Crippen LogP contribution is -2.29. The van der Waals surface area contributed by atoms with Gasteiger partial charge in [0, 0.05) is 10.7 Å². The van der Waals surface area contributed by atoms with E-state index < -0.39 is 18.0 Å². The van der Waals surface area contributed by atoms with E-state index in [2.05, 4.69) is 5.32 Å². The number of anilines is 1. The highest BCUT2D eigenvalue weighted by atomic mass is 35.5. The van der Waals surface area contributed by atoms with Crippen molar-refractivity contribution < 1.29 is 19.1 Å². The molecule has 5 nitrogen and oxygen atoms in total. The predicted molar refractivity (Wildman–Crippen MR) is 92.3 cm³/mol. The van der Waals surface area contributed by atoms with Gasteiger partial charge in [-0.25, -0.2) is 4.79 Å². The number of rotatable bonds is 6. The van der Waals surface area contributed by atoms with Crippen LogP contribution < -0.4 is 10.1 Å². The van der Waals surface area contributed by atoms with Gasteiger partial charge < -0.3 is 14.8 Å². The van der Waals surface area contributed by atoms with Crippen LogP contribution in [0.2, 0.25) is 5.02 Å². The summed E-state index contributed by atoms with van der Waals surface area (Å²) in [5, 5.41) is 3.18. The first-order chi connectivity index (χ1) is 11.4. The second-order valence-electron chi connectivity index (χ2n) is 5.24. The van der Waals surface area contributed by atoms with Crippen LogP contribution in [0, 0.1) is 6.92 Å². The molecule has 0 aliphatic heterocycles. The highest BCUT2D eigenvalue weighted by Gasteiger charge is 2.18. The molecule has 0 unspecified atom stereocenters. The summed E-state index contributed by atoms with van der Waals surface area (Å²) in [6, 6.07) is 14.0. The molecule has 0 bridgehead atoms. The number of ether oxygens (including phenoxy) is 2. The van der Waals surface area contributed by atoms with Gasteiger partial charge in [-0.05, 0) is 55.8 Å². The van der Waals surface area contributed by atoms with Crippen molar-refractivity contribution in [2.45, 2.75) is 20.0 Å². The maximum Gasteiger partial charge on any atom is 0.347 e. The standard InChI is InChI=1S/C18H18ClNO4/c1-12-4-3-5-16(10-12)24-13(2)18(22)23-11-17(21)20-15-8-6-14(19)7-9-15/h3-10,13H,11H2,1-2H3,(H,20,21)/t13-/m0/s1. The summed E-state index contributed by atoms with van der Waals surface area (Å²) in [7, 11) is 0. The summed E-state index contributed by atoms with van der Waals surface area (Å²) in [6.45, 7) is 3.11. The maximum atomic E-state index is 11.9.